The number of carbonyl (C=O) groups is 2. The van der Waals surface area contributed by atoms with E-state index in [-0.39, 0.29) is 17.7 Å². The third kappa shape index (κ3) is 4.79. The Morgan fingerprint density at radius 3 is 2.50 bits per heavy atom. The van der Waals surface area contributed by atoms with Crippen LogP contribution in [0.4, 0.5) is 0 Å². The predicted octanol–water partition coefficient (Wildman–Crippen LogP) is 1.94. The number of rotatable bonds is 7. The van der Waals surface area contributed by atoms with Gasteiger partial charge < -0.3 is 10.4 Å². The quantitative estimate of drug-likeness (QED) is 0.537. The number of aliphatic carboxylic acids is 1. The van der Waals surface area contributed by atoms with Crippen LogP contribution in [0.25, 0.3) is 0 Å². The second kappa shape index (κ2) is 7.05. The van der Waals surface area contributed by atoms with E-state index in [2.05, 4.69) is 11.2 Å². The molecule has 0 heterocycles. The Labute approximate surface area is 108 Å². The second-order valence-corrected chi connectivity index (χ2v) is 5.11. The summed E-state index contributed by atoms with van der Waals surface area (Å²) < 4.78 is 0. The SMILES string of the molecule is C#CCCCNC(=O)CC1(CC(=O)O)CCCC1. The fourth-order valence-electron chi connectivity index (χ4n) is 2.68. The molecule has 0 aromatic heterocycles. The van der Waals surface area contributed by atoms with Crippen LogP contribution in [0.3, 0.4) is 0 Å². The van der Waals surface area contributed by atoms with E-state index in [0.29, 0.717) is 19.4 Å². The molecule has 0 spiro atoms. The first-order valence-electron chi connectivity index (χ1n) is 6.50. The number of carboxylic acids is 1. The van der Waals surface area contributed by atoms with Crippen LogP contribution >= 0.6 is 0 Å². The molecule has 0 aromatic rings. The molecule has 0 unspecified atom stereocenters. The topological polar surface area (TPSA) is 66.4 Å². The molecule has 0 aliphatic heterocycles. The molecule has 0 atom stereocenters. The van der Waals surface area contributed by atoms with Gasteiger partial charge in [-0.1, -0.05) is 12.8 Å². The van der Waals surface area contributed by atoms with Crippen molar-refractivity contribution in [1.82, 2.24) is 5.32 Å². The summed E-state index contributed by atoms with van der Waals surface area (Å²) >= 11 is 0. The highest BCUT2D eigenvalue weighted by Gasteiger charge is 2.37. The monoisotopic (exact) mass is 251 g/mol. The van der Waals surface area contributed by atoms with Gasteiger partial charge in [0.05, 0.1) is 6.42 Å². The van der Waals surface area contributed by atoms with Crippen molar-refractivity contribution in [3.05, 3.63) is 0 Å². The lowest BCUT2D eigenvalue weighted by atomic mass is 9.79. The van der Waals surface area contributed by atoms with Gasteiger partial charge in [-0.15, -0.1) is 12.3 Å². The Hall–Kier alpha value is -1.50. The lowest BCUT2D eigenvalue weighted by molar-refractivity contribution is -0.140. The third-order valence-electron chi connectivity index (χ3n) is 3.55. The molecule has 0 bridgehead atoms. The van der Waals surface area contributed by atoms with E-state index in [0.717, 1.165) is 32.1 Å². The molecule has 0 saturated heterocycles. The van der Waals surface area contributed by atoms with Crippen molar-refractivity contribution in [3.8, 4) is 12.3 Å². The van der Waals surface area contributed by atoms with E-state index >= 15 is 0 Å². The van der Waals surface area contributed by atoms with E-state index in [9.17, 15) is 9.59 Å². The van der Waals surface area contributed by atoms with Gasteiger partial charge in [-0.2, -0.15) is 0 Å². The van der Waals surface area contributed by atoms with Crippen LogP contribution < -0.4 is 5.32 Å². The van der Waals surface area contributed by atoms with E-state index in [4.69, 9.17) is 11.5 Å². The number of terminal acetylenes is 1. The molecular weight excluding hydrogens is 230 g/mol. The largest absolute Gasteiger partial charge is 0.481 e. The van der Waals surface area contributed by atoms with E-state index in [1.54, 1.807) is 0 Å². The van der Waals surface area contributed by atoms with Gasteiger partial charge in [0.25, 0.3) is 0 Å². The first-order valence-corrected chi connectivity index (χ1v) is 6.50. The van der Waals surface area contributed by atoms with Crippen molar-refractivity contribution in [2.45, 2.75) is 51.4 Å². The molecule has 100 valence electrons. The van der Waals surface area contributed by atoms with E-state index in [1.165, 1.54) is 0 Å². The number of carboxylic acid groups (broad SMARTS) is 1. The normalized spacial score (nSPS) is 17.1. The summed E-state index contributed by atoms with van der Waals surface area (Å²) in [6.45, 7) is 0.576. The van der Waals surface area contributed by atoms with Crippen molar-refractivity contribution < 1.29 is 14.7 Å². The third-order valence-corrected chi connectivity index (χ3v) is 3.55. The van der Waals surface area contributed by atoms with Crippen molar-refractivity contribution in [3.63, 3.8) is 0 Å². The maximum absolute atomic E-state index is 11.8. The zero-order valence-electron chi connectivity index (χ0n) is 10.7. The van der Waals surface area contributed by atoms with E-state index < -0.39 is 5.97 Å². The summed E-state index contributed by atoms with van der Waals surface area (Å²) in [4.78, 5) is 22.7. The molecule has 2 N–H and O–H groups in total. The van der Waals surface area contributed by atoms with Crippen molar-refractivity contribution in [1.29, 1.82) is 0 Å². The molecule has 1 rings (SSSR count). The molecule has 1 fully saturated rings. The smallest absolute Gasteiger partial charge is 0.303 e. The molecule has 1 amide bonds. The van der Waals surface area contributed by atoms with Crippen LogP contribution in [0.5, 0.6) is 0 Å². The zero-order chi connectivity index (χ0) is 13.4. The highest BCUT2D eigenvalue weighted by Crippen LogP contribution is 2.43. The minimum atomic E-state index is -0.808. The minimum Gasteiger partial charge on any atom is -0.481 e. The van der Waals surface area contributed by atoms with Gasteiger partial charge in [-0.25, -0.2) is 0 Å². The van der Waals surface area contributed by atoms with Crippen LogP contribution in [0, 0.1) is 17.8 Å². The standard InChI is InChI=1S/C14H21NO3/c1-2-3-6-9-15-12(16)10-14(11-13(17)18)7-4-5-8-14/h1H,3-11H2,(H,15,16)(H,17,18). The second-order valence-electron chi connectivity index (χ2n) is 5.11. The first-order chi connectivity index (χ1) is 8.58. The molecule has 0 radical (unpaired) electrons. The lowest BCUT2D eigenvalue weighted by Gasteiger charge is -2.26. The Bertz CT molecular complexity index is 337. The Kier molecular flexibility index (Phi) is 5.70. The van der Waals surface area contributed by atoms with Gasteiger partial charge in [-0.3, -0.25) is 9.59 Å². The summed E-state index contributed by atoms with van der Waals surface area (Å²) in [6, 6.07) is 0. The summed E-state index contributed by atoms with van der Waals surface area (Å²) in [5.41, 5.74) is -0.317. The summed E-state index contributed by atoms with van der Waals surface area (Å²) in [7, 11) is 0. The Morgan fingerprint density at radius 2 is 1.94 bits per heavy atom. The number of hydrogen-bond donors (Lipinski definition) is 2. The first kappa shape index (κ1) is 14.6. The molecule has 4 heteroatoms. The predicted molar refractivity (Wildman–Crippen MR) is 68.8 cm³/mol. The van der Waals surface area contributed by atoms with E-state index in [1.807, 2.05) is 0 Å². The van der Waals surface area contributed by atoms with Crippen molar-refractivity contribution >= 4 is 11.9 Å². The van der Waals surface area contributed by atoms with Crippen molar-refractivity contribution in [2.75, 3.05) is 6.54 Å². The van der Waals surface area contributed by atoms with Gasteiger partial charge >= 0.3 is 5.97 Å². The van der Waals surface area contributed by atoms with Crippen LogP contribution in [0.1, 0.15) is 51.4 Å². The number of amides is 1. The molecule has 4 nitrogen and oxygen atoms in total. The van der Waals surface area contributed by atoms with Crippen LogP contribution in [0.2, 0.25) is 0 Å². The van der Waals surface area contributed by atoms with Crippen LogP contribution in [-0.4, -0.2) is 23.5 Å². The highest BCUT2D eigenvalue weighted by molar-refractivity contribution is 5.78. The molecule has 18 heavy (non-hydrogen) atoms. The number of nitrogens with one attached hydrogen (secondary N) is 1. The average molecular weight is 251 g/mol. The number of unbranched alkanes of at least 4 members (excludes halogenated alkanes) is 1. The maximum Gasteiger partial charge on any atom is 0.303 e. The molecule has 1 aliphatic rings. The average Bonchev–Trinajstić information content (AvgIpc) is 2.71. The van der Waals surface area contributed by atoms with Crippen LogP contribution in [0.15, 0.2) is 0 Å². The van der Waals surface area contributed by atoms with Crippen LogP contribution in [-0.2, 0) is 9.59 Å². The fourth-order valence-corrected chi connectivity index (χ4v) is 2.68. The Balaban J connectivity index is 2.39. The summed E-state index contributed by atoms with van der Waals surface area (Å²) in [6.07, 6.45) is 10.7. The van der Waals surface area contributed by atoms with Gasteiger partial charge in [0.2, 0.25) is 5.91 Å². The highest BCUT2D eigenvalue weighted by atomic mass is 16.4. The number of carbonyl (C=O) groups excluding carboxylic acids is 1. The van der Waals surface area contributed by atoms with Gasteiger partial charge in [0.1, 0.15) is 0 Å². The molecule has 1 saturated carbocycles. The maximum atomic E-state index is 11.8. The fraction of sp³-hybridized carbons (Fsp3) is 0.714. The van der Waals surface area contributed by atoms with Crippen molar-refractivity contribution in [2.24, 2.45) is 5.41 Å². The van der Waals surface area contributed by atoms with Gasteiger partial charge in [0, 0.05) is 19.4 Å². The zero-order valence-corrected chi connectivity index (χ0v) is 10.7. The number of hydrogen-bond acceptors (Lipinski definition) is 2. The molecular formula is C14H21NO3. The molecule has 0 aromatic carbocycles. The summed E-state index contributed by atoms with van der Waals surface area (Å²) in [5, 5.41) is 11.8. The minimum absolute atomic E-state index is 0.0461. The lowest BCUT2D eigenvalue weighted by Crippen LogP contribution is -2.32. The summed E-state index contributed by atoms with van der Waals surface area (Å²) in [5.74, 6) is 1.66. The van der Waals surface area contributed by atoms with Gasteiger partial charge in [0.15, 0.2) is 0 Å². The Morgan fingerprint density at radius 1 is 1.28 bits per heavy atom. The van der Waals surface area contributed by atoms with Gasteiger partial charge in [-0.05, 0) is 24.7 Å². The molecule has 1 aliphatic carbocycles.